The lowest BCUT2D eigenvalue weighted by molar-refractivity contribution is 0.264. The maximum atomic E-state index is 5.28. The van der Waals surface area contributed by atoms with Crippen molar-refractivity contribution in [1.29, 1.82) is 0 Å². The third-order valence-corrected chi connectivity index (χ3v) is 3.69. The van der Waals surface area contributed by atoms with Gasteiger partial charge in [-0.1, -0.05) is 0 Å². The van der Waals surface area contributed by atoms with Crippen molar-refractivity contribution in [2.75, 3.05) is 25.5 Å². The first-order valence-electron chi connectivity index (χ1n) is 6.75. The largest absolute Gasteiger partial charge is 0.444 e. The second kappa shape index (κ2) is 5.45. The van der Waals surface area contributed by atoms with E-state index in [-0.39, 0.29) is 0 Å². The molecule has 100 valence electrons. The molecule has 1 aromatic carbocycles. The molecule has 1 fully saturated rings. The Labute approximate surface area is 113 Å². The summed E-state index contributed by atoms with van der Waals surface area (Å²) in [4.78, 5) is 6.31. The van der Waals surface area contributed by atoms with E-state index in [0.717, 1.165) is 11.3 Å². The van der Waals surface area contributed by atoms with E-state index < -0.39 is 0 Å². The minimum Gasteiger partial charge on any atom is -0.444 e. The van der Waals surface area contributed by atoms with Crippen molar-refractivity contribution in [3.05, 3.63) is 36.9 Å². The zero-order valence-corrected chi connectivity index (χ0v) is 11.2. The van der Waals surface area contributed by atoms with Gasteiger partial charge in [0, 0.05) is 17.3 Å². The number of piperidine rings is 1. The fourth-order valence-electron chi connectivity index (χ4n) is 2.48. The predicted molar refractivity (Wildman–Crippen MR) is 76.1 cm³/mol. The molecule has 1 saturated heterocycles. The van der Waals surface area contributed by atoms with Gasteiger partial charge in [0.05, 0.1) is 6.20 Å². The third kappa shape index (κ3) is 2.96. The summed E-state index contributed by atoms with van der Waals surface area (Å²) in [5.74, 6) is 0.811. The summed E-state index contributed by atoms with van der Waals surface area (Å²) in [6, 6.07) is 8.94. The Morgan fingerprint density at radius 2 is 1.95 bits per heavy atom. The summed E-state index contributed by atoms with van der Waals surface area (Å²) in [6.07, 6.45) is 5.61. The number of aromatic nitrogens is 1. The molecule has 1 aliphatic heterocycles. The Balaban J connectivity index is 1.63. The van der Waals surface area contributed by atoms with Gasteiger partial charge in [-0.2, -0.15) is 0 Å². The molecule has 0 bridgehead atoms. The molecule has 19 heavy (non-hydrogen) atoms. The van der Waals surface area contributed by atoms with E-state index in [1.165, 1.54) is 38.0 Å². The highest BCUT2D eigenvalue weighted by Gasteiger charge is 2.16. The molecule has 1 N–H and O–H groups in total. The average Bonchev–Trinajstić information content (AvgIpc) is 2.96. The first kappa shape index (κ1) is 12.2. The van der Waals surface area contributed by atoms with Crippen molar-refractivity contribution in [2.24, 2.45) is 0 Å². The van der Waals surface area contributed by atoms with Crippen LogP contribution in [0.15, 0.2) is 41.3 Å². The molecule has 0 aliphatic carbocycles. The van der Waals surface area contributed by atoms with Crippen molar-refractivity contribution >= 4 is 5.69 Å². The number of nitrogens with zero attached hydrogens (tertiary/aromatic N) is 2. The lowest BCUT2D eigenvalue weighted by Gasteiger charge is -2.30. The molecule has 0 spiro atoms. The molecule has 2 heterocycles. The lowest BCUT2D eigenvalue weighted by Crippen LogP contribution is -2.36. The number of oxazole rings is 1. The summed E-state index contributed by atoms with van der Waals surface area (Å²) in [5.41, 5.74) is 2.24. The zero-order valence-electron chi connectivity index (χ0n) is 11.2. The number of benzene rings is 1. The summed E-state index contributed by atoms with van der Waals surface area (Å²) >= 11 is 0. The molecule has 0 amide bonds. The van der Waals surface area contributed by atoms with Gasteiger partial charge in [-0.15, -0.1) is 0 Å². The van der Waals surface area contributed by atoms with E-state index in [9.17, 15) is 0 Å². The van der Waals surface area contributed by atoms with Crippen molar-refractivity contribution in [3.63, 3.8) is 0 Å². The molecule has 3 rings (SSSR count). The molecule has 0 radical (unpaired) electrons. The van der Waals surface area contributed by atoms with Crippen molar-refractivity contribution in [2.45, 2.75) is 18.9 Å². The van der Waals surface area contributed by atoms with E-state index in [1.54, 1.807) is 6.20 Å². The number of likely N-dealkylation sites (tertiary alicyclic amines) is 1. The van der Waals surface area contributed by atoms with E-state index in [2.05, 4.69) is 46.5 Å². The lowest BCUT2D eigenvalue weighted by atomic mass is 10.0. The van der Waals surface area contributed by atoms with Gasteiger partial charge in [0.1, 0.15) is 0 Å². The Hall–Kier alpha value is -1.81. The van der Waals surface area contributed by atoms with E-state index >= 15 is 0 Å². The van der Waals surface area contributed by atoms with E-state index in [1.807, 2.05) is 0 Å². The number of anilines is 1. The van der Waals surface area contributed by atoms with Crippen LogP contribution >= 0.6 is 0 Å². The monoisotopic (exact) mass is 257 g/mol. The van der Waals surface area contributed by atoms with Gasteiger partial charge in [-0.25, -0.2) is 4.98 Å². The van der Waals surface area contributed by atoms with Gasteiger partial charge in [-0.05, 0) is 57.2 Å². The molecule has 0 atom stereocenters. The van der Waals surface area contributed by atoms with Crippen LogP contribution in [-0.2, 0) is 0 Å². The Morgan fingerprint density at radius 3 is 2.58 bits per heavy atom. The van der Waals surface area contributed by atoms with Crippen LogP contribution in [0.4, 0.5) is 5.69 Å². The Morgan fingerprint density at radius 1 is 1.21 bits per heavy atom. The average molecular weight is 257 g/mol. The first-order chi connectivity index (χ1) is 9.31. The SMILES string of the molecule is CN1CCC(Nc2ccc(-c3cnco3)cc2)CC1. The van der Waals surface area contributed by atoms with Gasteiger partial charge in [0.2, 0.25) is 0 Å². The van der Waals surface area contributed by atoms with Crippen LogP contribution in [0.1, 0.15) is 12.8 Å². The number of nitrogens with one attached hydrogen (secondary N) is 1. The second-order valence-electron chi connectivity index (χ2n) is 5.16. The number of hydrogen-bond donors (Lipinski definition) is 1. The van der Waals surface area contributed by atoms with E-state index in [0.29, 0.717) is 6.04 Å². The van der Waals surface area contributed by atoms with Crippen molar-refractivity contribution in [1.82, 2.24) is 9.88 Å². The first-order valence-corrected chi connectivity index (χ1v) is 6.75. The summed E-state index contributed by atoms with van der Waals surface area (Å²) < 4.78 is 5.28. The normalized spacial score (nSPS) is 17.5. The molecule has 2 aromatic rings. The molecular weight excluding hydrogens is 238 g/mol. The maximum absolute atomic E-state index is 5.28. The van der Waals surface area contributed by atoms with Gasteiger partial charge < -0.3 is 14.6 Å². The third-order valence-electron chi connectivity index (χ3n) is 3.69. The van der Waals surface area contributed by atoms with E-state index in [4.69, 9.17) is 4.42 Å². The molecular formula is C15H19N3O. The Bertz CT molecular complexity index is 499. The minimum absolute atomic E-state index is 0.590. The van der Waals surface area contributed by atoms with Crippen LogP contribution < -0.4 is 5.32 Å². The fourth-order valence-corrected chi connectivity index (χ4v) is 2.48. The molecule has 0 saturated carbocycles. The van der Waals surface area contributed by atoms with Gasteiger partial charge in [0.25, 0.3) is 0 Å². The van der Waals surface area contributed by atoms with Crippen LogP contribution in [0.2, 0.25) is 0 Å². The maximum Gasteiger partial charge on any atom is 0.181 e. The zero-order chi connectivity index (χ0) is 13.1. The van der Waals surface area contributed by atoms with Crippen LogP contribution in [0.25, 0.3) is 11.3 Å². The fraction of sp³-hybridized carbons (Fsp3) is 0.400. The van der Waals surface area contributed by atoms with Crippen LogP contribution in [0.3, 0.4) is 0 Å². The second-order valence-corrected chi connectivity index (χ2v) is 5.16. The minimum atomic E-state index is 0.590. The van der Waals surface area contributed by atoms with Crippen molar-refractivity contribution < 1.29 is 4.42 Å². The smallest absolute Gasteiger partial charge is 0.181 e. The molecule has 4 nitrogen and oxygen atoms in total. The van der Waals surface area contributed by atoms with Crippen LogP contribution in [-0.4, -0.2) is 36.1 Å². The van der Waals surface area contributed by atoms with Gasteiger partial charge in [0.15, 0.2) is 12.2 Å². The van der Waals surface area contributed by atoms with Crippen LogP contribution in [0, 0.1) is 0 Å². The van der Waals surface area contributed by atoms with Crippen LogP contribution in [0.5, 0.6) is 0 Å². The topological polar surface area (TPSA) is 41.3 Å². The summed E-state index contributed by atoms with van der Waals surface area (Å²) in [5, 5.41) is 3.60. The summed E-state index contributed by atoms with van der Waals surface area (Å²) in [6.45, 7) is 2.35. The molecule has 0 unspecified atom stereocenters. The number of hydrogen-bond acceptors (Lipinski definition) is 4. The Kier molecular flexibility index (Phi) is 3.51. The molecule has 1 aliphatic rings. The predicted octanol–water partition coefficient (Wildman–Crippen LogP) is 2.85. The highest BCUT2D eigenvalue weighted by molar-refractivity contribution is 5.60. The highest BCUT2D eigenvalue weighted by Crippen LogP contribution is 2.22. The summed E-state index contributed by atoms with van der Waals surface area (Å²) in [7, 11) is 2.18. The van der Waals surface area contributed by atoms with Crippen molar-refractivity contribution in [3.8, 4) is 11.3 Å². The highest BCUT2D eigenvalue weighted by atomic mass is 16.3. The molecule has 4 heteroatoms. The molecule has 1 aromatic heterocycles. The van der Waals surface area contributed by atoms with Gasteiger partial charge >= 0.3 is 0 Å². The van der Waals surface area contributed by atoms with Gasteiger partial charge in [-0.3, -0.25) is 0 Å². The standard InChI is InChI=1S/C15H19N3O/c1-18-8-6-14(7-9-18)17-13-4-2-12(3-5-13)15-10-16-11-19-15/h2-5,10-11,14,17H,6-9H2,1H3. The number of rotatable bonds is 3. The quantitative estimate of drug-likeness (QED) is 0.918.